The minimum absolute atomic E-state index is 1.08. The molecule has 0 unspecified atom stereocenters. The van der Waals surface area contributed by atoms with Crippen LogP contribution in [0.25, 0.3) is 0 Å². The van der Waals surface area contributed by atoms with Crippen LogP contribution in [0.4, 0.5) is 0 Å². The largest absolute Gasteiger partial charge is 0.130 e. The van der Waals surface area contributed by atoms with Crippen LogP contribution in [0.3, 0.4) is 0 Å². The van der Waals surface area contributed by atoms with Crippen LogP contribution in [-0.2, 0) is 0 Å². The summed E-state index contributed by atoms with van der Waals surface area (Å²) in [6.07, 6.45) is 7.58. The van der Waals surface area contributed by atoms with Gasteiger partial charge in [0, 0.05) is 0 Å². The Hall–Kier alpha value is -0.740. The van der Waals surface area contributed by atoms with Gasteiger partial charge in [0.25, 0.3) is 0 Å². The van der Waals surface area contributed by atoms with E-state index in [4.69, 9.17) is 0 Å². The highest BCUT2D eigenvalue weighted by Crippen LogP contribution is 2.07. The maximum absolute atomic E-state index is 3.62. The second-order valence-electron chi connectivity index (χ2n) is 2.24. The van der Waals surface area contributed by atoms with E-state index in [1.165, 1.54) is 5.57 Å². The van der Waals surface area contributed by atoms with Crippen molar-refractivity contribution in [3.05, 3.63) is 30.0 Å². The van der Waals surface area contributed by atoms with E-state index in [0.29, 0.717) is 0 Å². The molecule has 0 bridgehead atoms. The molecule has 0 aromatic heterocycles. The molecular formula is C10H16. The minimum Gasteiger partial charge on any atom is -0.130 e. The molecular weight excluding hydrogens is 120 g/mol. The van der Waals surface area contributed by atoms with Crippen molar-refractivity contribution >= 4 is 0 Å². The Bertz CT molecular complexity index is 145. The third-order valence-corrected chi connectivity index (χ3v) is 1.53. The summed E-state index contributed by atoms with van der Waals surface area (Å²) in [5.74, 6) is 0. The van der Waals surface area contributed by atoms with Gasteiger partial charge in [-0.2, -0.15) is 0 Å². The van der Waals surface area contributed by atoms with Gasteiger partial charge in [-0.05, 0) is 31.8 Å². The summed E-state index contributed by atoms with van der Waals surface area (Å²) in [7, 11) is 0. The maximum Gasteiger partial charge on any atom is -0.0209 e. The van der Waals surface area contributed by atoms with Gasteiger partial charge in [0.1, 0.15) is 0 Å². The summed E-state index contributed by atoms with van der Waals surface area (Å²) in [5, 5.41) is 0. The topological polar surface area (TPSA) is 0 Å². The number of hydrogen-bond donors (Lipinski definition) is 0. The fourth-order valence-corrected chi connectivity index (χ4v) is 0.814. The summed E-state index contributed by atoms with van der Waals surface area (Å²) in [5.41, 5.74) is 4.27. The van der Waals surface area contributed by atoms with Crippen molar-refractivity contribution in [2.75, 3.05) is 0 Å². The molecule has 0 N–H and O–H groups in total. The molecule has 0 saturated heterocycles. The van der Waals surface area contributed by atoms with E-state index < -0.39 is 0 Å². The van der Waals surface area contributed by atoms with Gasteiger partial charge in [0.15, 0.2) is 0 Å². The van der Waals surface area contributed by atoms with Crippen molar-refractivity contribution in [2.45, 2.75) is 33.1 Å². The molecule has 0 aromatic carbocycles. The smallest absolute Gasteiger partial charge is 0.0209 e. The van der Waals surface area contributed by atoms with Crippen LogP contribution < -0.4 is 0 Å². The molecule has 56 valence electrons. The predicted molar refractivity (Wildman–Crippen MR) is 47.0 cm³/mol. The van der Waals surface area contributed by atoms with Crippen LogP contribution >= 0.6 is 0 Å². The fourth-order valence-electron chi connectivity index (χ4n) is 0.814. The van der Waals surface area contributed by atoms with Crippen LogP contribution in [-0.4, -0.2) is 0 Å². The van der Waals surface area contributed by atoms with Crippen molar-refractivity contribution in [3.8, 4) is 0 Å². The summed E-state index contributed by atoms with van der Waals surface area (Å²) in [6.45, 7) is 7.81. The zero-order valence-corrected chi connectivity index (χ0v) is 6.98. The molecule has 10 heavy (non-hydrogen) atoms. The minimum atomic E-state index is 1.08. The number of rotatable bonds is 4. The SMILES string of the molecule is C=C=C(CC)CC/C=C\C. The zero-order chi connectivity index (χ0) is 7.82. The summed E-state index contributed by atoms with van der Waals surface area (Å²) in [6, 6.07) is 0. The van der Waals surface area contributed by atoms with Gasteiger partial charge in [-0.15, -0.1) is 5.73 Å². The number of hydrogen-bond acceptors (Lipinski definition) is 0. The van der Waals surface area contributed by atoms with E-state index in [0.717, 1.165) is 19.3 Å². The summed E-state index contributed by atoms with van der Waals surface area (Å²) >= 11 is 0. The molecule has 0 aromatic rings. The highest BCUT2D eigenvalue weighted by Gasteiger charge is 1.88. The number of allylic oxidation sites excluding steroid dienone is 3. The lowest BCUT2D eigenvalue weighted by molar-refractivity contribution is 0.911. The molecule has 0 aliphatic carbocycles. The molecule has 0 heteroatoms. The molecule has 0 nitrogen and oxygen atoms in total. The van der Waals surface area contributed by atoms with Gasteiger partial charge in [0.2, 0.25) is 0 Å². The lowest BCUT2D eigenvalue weighted by Gasteiger charge is -1.95. The first-order valence-electron chi connectivity index (χ1n) is 3.84. The molecule has 0 spiro atoms. The average molecular weight is 136 g/mol. The van der Waals surface area contributed by atoms with Crippen molar-refractivity contribution < 1.29 is 0 Å². The van der Waals surface area contributed by atoms with Gasteiger partial charge < -0.3 is 0 Å². The van der Waals surface area contributed by atoms with E-state index in [9.17, 15) is 0 Å². The molecule has 0 saturated carbocycles. The lowest BCUT2D eigenvalue weighted by Crippen LogP contribution is -1.76. The maximum atomic E-state index is 3.62. The van der Waals surface area contributed by atoms with Crippen molar-refractivity contribution in [2.24, 2.45) is 0 Å². The normalized spacial score (nSPS) is 9.80. The van der Waals surface area contributed by atoms with Gasteiger partial charge in [-0.3, -0.25) is 0 Å². The molecule has 0 radical (unpaired) electrons. The van der Waals surface area contributed by atoms with Crippen LogP contribution in [0.5, 0.6) is 0 Å². The first kappa shape index (κ1) is 9.26. The Morgan fingerprint density at radius 3 is 2.70 bits per heavy atom. The Kier molecular flexibility index (Phi) is 5.91. The van der Waals surface area contributed by atoms with E-state index >= 15 is 0 Å². The van der Waals surface area contributed by atoms with Crippen LogP contribution in [0.2, 0.25) is 0 Å². The quantitative estimate of drug-likeness (QED) is 0.410. The molecule has 0 rings (SSSR count). The molecule has 0 aliphatic rings. The van der Waals surface area contributed by atoms with Gasteiger partial charge in [-0.25, -0.2) is 0 Å². The Labute approximate surface area is 64.0 Å². The standard InChI is InChI=1S/C10H16/c1-4-7-8-9-10(5-2)6-3/h4,7H,2,6,8-9H2,1,3H3/b7-4-. The van der Waals surface area contributed by atoms with E-state index in [2.05, 4.69) is 31.4 Å². The molecule has 0 aliphatic heterocycles. The average Bonchev–Trinajstić information content (AvgIpc) is 1.99. The Balaban J connectivity index is 3.56. The fraction of sp³-hybridized carbons (Fsp3) is 0.500. The van der Waals surface area contributed by atoms with Crippen LogP contribution in [0.1, 0.15) is 33.1 Å². The first-order chi connectivity index (χ1) is 4.85. The van der Waals surface area contributed by atoms with Crippen LogP contribution in [0, 0.1) is 0 Å². The van der Waals surface area contributed by atoms with Crippen molar-refractivity contribution in [1.29, 1.82) is 0 Å². The highest BCUT2D eigenvalue weighted by atomic mass is 13.9. The molecule has 0 heterocycles. The molecule has 0 fully saturated rings. The van der Waals surface area contributed by atoms with Gasteiger partial charge in [-0.1, -0.05) is 25.7 Å². The second kappa shape index (κ2) is 6.38. The molecule has 0 amide bonds. The van der Waals surface area contributed by atoms with Gasteiger partial charge in [0.05, 0.1) is 0 Å². The first-order valence-corrected chi connectivity index (χ1v) is 3.84. The van der Waals surface area contributed by atoms with E-state index in [-0.39, 0.29) is 0 Å². The van der Waals surface area contributed by atoms with Gasteiger partial charge >= 0.3 is 0 Å². The predicted octanol–water partition coefficient (Wildman–Crippen LogP) is 3.46. The highest BCUT2D eigenvalue weighted by molar-refractivity contribution is 4.99. The lowest BCUT2D eigenvalue weighted by atomic mass is 10.1. The van der Waals surface area contributed by atoms with Crippen LogP contribution in [0.15, 0.2) is 30.0 Å². The third kappa shape index (κ3) is 4.17. The summed E-state index contributed by atoms with van der Waals surface area (Å²) < 4.78 is 0. The van der Waals surface area contributed by atoms with E-state index in [1.54, 1.807) is 0 Å². The van der Waals surface area contributed by atoms with Crippen molar-refractivity contribution in [1.82, 2.24) is 0 Å². The third-order valence-electron chi connectivity index (χ3n) is 1.53. The van der Waals surface area contributed by atoms with Crippen molar-refractivity contribution in [3.63, 3.8) is 0 Å². The van der Waals surface area contributed by atoms with E-state index in [1.807, 2.05) is 6.92 Å². The monoisotopic (exact) mass is 136 g/mol. The Morgan fingerprint density at radius 1 is 1.60 bits per heavy atom. The Morgan fingerprint density at radius 2 is 2.30 bits per heavy atom. The molecule has 0 atom stereocenters. The zero-order valence-electron chi connectivity index (χ0n) is 6.98. The second-order valence-corrected chi connectivity index (χ2v) is 2.24. The summed E-state index contributed by atoms with van der Waals surface area (Å²) in [4.78, 5) is 0.